The molecule has 16 heavy (non-hydrogen) atoms. The van der Waals surface area contributed by atoms with Crippen LogP contribution in [0.15, 0.2) is 36.9 Å². The number of nitrogens with one attached hydrogen (secondary N) is 1. The van der Waals surface area contributed by atoms with E-state index < -0.39 is 7.12 Å². The molecule has 1 aromatic rings. The Morgan fingerprint density at radius 1 is 1.25 bits per heavy atom. The molecule has 0 radical (unpaired) electrons. The van der Waals surface area contributed by atoms with Crippen LogP contribution < -0.4 is 79.9 Å². The smallest absolute Gasteiger partial charge is 0.889 e. The van der Waals surface area contributed by atoms with Crippen molar-refractivity contribution in [3.63, 3.8) is 0 Å². The summed E-state index contributed by atoms with van der Waals surface area (Å²) in [5.74, 6) is -0.335. The first-order valence-corrected chi connectivity index (χ1v) is 3.98. The molecule has 0 aliphatic carbocycles. The van der Waals surface area contributed by atoms with Crippen LogP contribution in [0.25, 0.3) is 0 Å². The predicted octanol–water partition coefficient (Wildman–Crippen LogP) is -7.77. The zero-order valence-corrected chi connectivity index (χ0v) is 13.4. The number of carbonyl (C=O) groups excluding carboxylic acids is 1. The molecule has 4 nitrogen and oxygen atoms in total. The van der Waals surface area contributed by atoms with Gasteiger partial charge in [-0.25, -0.2) is 0 Å². The molecule has 0 atom stereocenters. The quantitative estimate of drug-likeness (QED) is 0.417. The Labute approximate surface area is 139 Å². The molecule has 0 saturated carbocycles. The molecule has 0 aliphatic heterocycles. The van der Waals surface area contributed by atoms with Crippen LogP contribution in [-0.4, -0.2) is 13.0 Å². The Morgan fingerprint density at radius 3 is 2.12 bits per heavy atom. The van der Waals surface area contributed by atoms with Crippen molar-refractivity contribution >= 4 is 24.2 Å². The van der Waals surface area contributed by atoms with Crippen molar-refractivity contribution in [2.75, 3.05) is 5.32 Å². The van der Waals surface area contributed by atoms with E-state index in [1.165, 1.54) is 24.3 Å². The molecule has 1 amide bonds. The SMILES string of the molecule is C=CC(=O)Nc1ccc(B([O-])[O-])cc1.[Na+].[Na+]. The van der Waals surface area contributed by atoms with Crippen LogP contribution in [0.5, 0.6) is 0 Å². The minimum Gasteiger partial charge on any atom is -0.889 e. The summed E-state index contributed by atoms with van der Waals surface area (Å²) in [5, 5.41) is 23.4. The Hall–Kier alpha value is 0.415. The first-order valence-electron chi connectivity index (χ1n) is 3.98. The molecule has 0 spiro atoms. The monoisotopic (exact) mass is 235 g/mol. The van der Waals surface area contributed by atoms with Crippen LogP contribution in [0, 0.1) is 0 Å². The van der Waals surface area contributed by atoms with Crippen LogP contribution in [0.1, 0.15) is 0 Å². The van der Waals surface area contributed by atoms with E-state index in [4.69, 9.17) is 0 Å². The Bertz CT molecular complexity index is 343. The predicted molar refractivity (Wildman–Crippen MR) is 50.7 cm³/mol. The second-order valence-electron chi connectivity index (χ2n) is 2.65. The molecule has 7 heteroatoms. The van der Waals surface area contributed by atoms with Gasteiger partial charge in [-0.05, 0) is 18.2 Å². The van der Waals surface area contributed by atoms with Crippen molar-refractivity contribution < 1.29 is 74.0 Å². The van der Waals surface area contributed by atoms with Gasteiger partial charge in [-0.1, -0.05) is 25.8 Å². The normalized spacial score (nSPS) is 8.12. The van der Waals surface area contributed by atoms with Gasteiger partial charge < -0.3 is 15.4 Å². The van der Waals surface area contributed by atoms with Gasteiger partial charge in [0, 0.05) is 5.69 Å². The fourth-order valence-electron chi connectivity index (χ4n) is 0.917. The Kier molecular flexibility index (Phi) is 11.1. The molecule has 0 aromatic heterocycles. The molecule has 0 unspecified atom stereocenters. The molecule has 1 aromatic carbocycles. The van der Waals surface area contributed by atoms with Crippen molar-refractivity contribution in [2.45, 2.75) is 0 Å². The standard InChI is InChI=1S/C9H8BNO3.2Na/c1-2-9(12)11-8-5-3-7(4-6-8)10(13)14;;/h2-6H,1H2,(H,11,12);;/q-2;2*+1. The molecule has 0 aliphatic rings. The fourth-order valence-corrected chi connectivity index (χ4v) is 0.917. The van der Waals surface area contributed by atoms with E-state index in [2.05, 4.69) is 11.9 Å². The molecule has 0 bridgehead atoms. The zero-order chi connectivity index (χ0) is 10.6. The second kappa shape index (κ2) is 9.45. The number of hydrogen-bond donors (Lipinski definition) is 1. The average Bonchev–Trinajstić information content (AvgIpc) is 2.18. The van der Waals surface area contributed by atoms with Gasteiger partial charge in [0.25, 0.3) is 0 Å². The van der Waals surface area contributed by atoms with Gasteiger partial charge in [-0.2, -0.15) is 0 Å². The molecule has 1 rings (SSSR count). The summed E-state index contributed by atoms with van der Waals surface area (Å²) in [4.78, 5) is 10.8. The van der Waals surface area contributed by atoms with Gasteiger partial charge in [-0.15, -0.1) is 5.46 Å². The summed E-state index contributed by atoms with van der Waals surface area (Å²) < 4.78 is 0. The van der Waals surface area contributed by atoms with E-state index in [1.807, 2.05) is 0 Å². The molecule has 0 saturated heterocycles. The molecular formula is C9H8BNNa2O3. The summed E-state index contributed by atoms with van der Waals surface area (Å²) >= 11 is 0. The Morgan fingerprint density at radius 2 is 1.75 bits per heavy atom. The summed E-state index contributed by atoms with van der Waals surface area (Å²) in [5.41, 5.74) is 0.681. The van der Waals surface area contributed by atoms with Gasteiger partial charge in [0.2, 0.25) is 5.91 Å². The van der Waals surface area contributed by atoms with E-state index in [0.717, 1.165) is 6.08 Å². The number of hydrogen-bond acceptors (Lipinski definition) is 3. The number of amides is 1. The van der Waals surface area contributed by atoms with Gasteiger partial charge in [-0.3, -0.25) is 4.79 Å². The van der Waals surface area contributed by atoms with Crippen molar-refractivity contribution in [1.29, 1.82) is 0 Å². The van der Waals surface area contributed by atoms with E-state index >= 15 is 0 Å². The van der Waals surface area contributed by atoms with Gasteiger partial charge in [0.05, 0.1) is 0 Å². The van der Waals surface area contributed by atoms with Crippen LogP contribution in [-0.2, 0) is 4.79 Å². The van der Waals surface area contributed by atoms with Crippen molar-refractivity contribution in [3.05, 3.63) is 36.9 Å². The molecular weight excluding hydrogens is 227 g/mol. The number of rotatable bonds is 3. The second-order valence-corrected chi connectivity index (χ2v) is 2.65. The maximum absolute atomic E-state index is 10.8. The van der Waals surface area contributed by atoms with Crippen LogP contribution in [0.4, 0.5) is 5.69 Å². The van der Waals surface area contributed by atoms with Crippen LogP contribution >= 0.6 is 0 Å². The van der Waals surface area contributed by atoms with Crippen molar-refractivity contribution in [1.82, 2.24) is 0 Å². The van der Waals surface area contributed by atoms with E-state index in [1.54, 1.807) is 0 Å². The van der Waals surface area contributed by atoms with Gasteiger partial charge >= 0.3 is 59.1 Å². The van der Waals surface area contributed by atoms with E-state index in [0.29, 0.717) is 5.69 Å². The maximum Gasteiger partial charge on any atom is 1.00 e. The summed E-state index contributed by atoms with van der Waals surface area (Å²) in [7, 11) is -1.99. The van der Waals surface area contributed by atoms with Gasteiger partial charge in [0.15, 0.2) is 0 Å². The summed E-state index contributed by atoms with van der Waals surface area (Å²) in [6, 6.07) is 5.78. The van der Waals surface area contributed by atoms with Crippen molar-refractivity contribution in [2.24, 2.45) is 0 Å². The molecule has 1 N–H and O–H groups in total. The number of anilines is 1. The largest absolute Gasteiger partial charge is 1.00 e. The maximum atomic E-state index is 10.8. The third-order valence-corrected chi connectivity index (χ3v) is 1.64. The fraction of sp³-hybridized carbons (Fsp3) is 0. The van der Waals surface area contributed by atoms with Crippen molar-refractivity contribution in [3.8, 4) is 0 Å². The zero-order valence-electron chi connectivity index (χ0n) is 9.40. The summed E-state index contributed by atoms with van der Waals surface area (Å²) in [6.07, 6.45) is 1.14. The molecule has 0 fully saturated rings. The van der Waals surface area contributed by atoms with E-state index in [9.17, 15) is 14.8 Å². The van der Waals surface area contributed by atoms with Gasteiger partial charge in [0.1, 0.15) is 0 Å². The molecule has 0 heterocycles. The minimum absolute atomic E-state index is 0. The summed E-state index contributed by atoms with van der Waals surface area (Å²) in [6.45, 7) is 3.29. The van der Waals surface area contributed by atoms with E-state index in [-0.39, 0.29) is 70.5 Å². The first kappa shape index (κ1) is 18.8. The van der Waals surface area contributed by atoms with Crippen LogP contribution in [0.3, 0.4) is 0 Å². The minimum atomic E-state index is -1.99. The average molecular weight is 235 g/mol. The third-order valence-electron chi connectivity index (χ3n) is 1.64. The topological polar surface area (TPSA) is 75.2 Å². The van der Waals surface area contributed by atoms with Crippen LogP contribution in [0.2, 0.25) is 0 Å². The third kappa shape index (κ3) is 6.22. The molecule has 72 valence electrons. The Balaban J connectivity index is 0. The number of carbonyl (C=O) groups is 1. The first-order chi connectivity index (χ1) is 6.63. The number of benzene rings is 1.